The number of nitrogens with zero attached hydrogens (tertiary/aromatic N) is 2. The van der Waals surface area contributed by atoms with E-state index in [0.717, 1.165) is 10.0 Å². The summed E-state index contributed by atoms with van der Waals surface area (Å²) in [6.45, 7) is 0. The van der Waals surface area contributed by atoms with E-state index in [1.54, 1.807) is 22.7 Å². The average molecular weight is 391 g/mol. The molecule has 0 aliphatic heterocycles. The Hall–Kier alpha value is -0.940. The van der Waals surface area contributed by atoms with Gasteiger partial charge in [0.2, 0.25) is 0 Å². The Labute approximate surface area is 138 Å². The Bertz CT molecular complexity index is 829. The number of halogens is 4. The Kier molecular flexibility index (Phi) is 3.58. The molecule has 2 N–H and O–H groups in total. The molecule has 2 heterocycles. The van der Waals surface area contributed by atoms with Gasteiger partial charge in [-0.15, -0.1) is 0 Å². The lowest BCUT2D eigenvalue weighted by molar-refractivity contribution is 1.20. The molecule has 0 spiro atoms. The second kappa shape index (κ2) is 5.11. The summed E-state index contributed by atoms with van der Waals surface area (Å²) in [7, 11) is 0. The number of aromatic nitrogens is 2. The predicted octanol–water partition coefficient (Wildman–Crippen LogP) is 5.31. The van der Waals surface area contributed by atoms with Crippen molar-refractivity contribution in [1.82, 2.24) is 9.38 Å². The summed E-state index contributed by atoms with van der Waals surface area (Å²) in [5.74, 6) is 0.439. The minimum absolute atomic E-state index is 0.434. The molecule has 3 aromatic rings. The van der Waals surface area contributed by atoms with Gasteiger partial charge < -0.3 is 5.73 Å². The lowest BCUT2D eigenvalue weighted by atomic mass is 10.1. The smallest absolute Gasteiger partial charge is 0.158 e. The Morgan fingerprint density at radius 2 is 1.85 bits per heavy atom. The van der Waals surface area contributed by atoms with Crippen LogP contribution in [0, 0.1) is 0 Å². The fraction of sp³-hybridized carbons (Fsp3) is 0. The van der Waals surface area contributed by atoms with E-state index >= 15 is 0 Å². The molecule has 0 radical (unpaired) electrons. The fourth-order valence-corrected chi connectivity index (χ4v) is 3.25. The molecule has 0 amide bonds. The molecule has 20 heavy (non-hydrogen) atoms. The third-order valence-electron chi connectivity index (χ3n) is 2.86. The number of pyridine rings is 1. The first-order valence-corrected chi connectivity index (χ1v) is 7.48. The van der Waals surface area contributed by atoms with Crippen molar-refractivity contribution in [2.24, 2.45) is 0 Å². The standard InChI is InChI=1S/C13H7BrCl3N3/c14-6-1-2-8(9(16)3-6)11-12(18)20-5-7(15)4-10(17)13(20)19-11/h1-5H,18H2. The zero-order valence-electron chi connectivity index (χ0n) is 9.87. The monoisotopic (exact) mass is 389 g/mol. The summed E-state index contributed by atoms with van der Waals surface area (Å²) in [6, 6.07) is 7.13. The SMILES string of the molecule is Nc1c(-c2ccc(Br)cc2Cl)nc2c(Cl)cc(Cl)cn12. The third kappa shape index (κ3) is 2.27. The first-order chi connectivity index (χ1) is 9.47. The molecule has 2 aromatic heterocycles. The van der Waals surface area contributed by atoms with Gasteiger partial charge in [-0.3, -0.25) is 4.40 Å². The van der Waals surface area contributed by atoms with Crippen LogP contribution in [0.4, 0.5) is 5.82 Å². The molecule has 0 aliphatic carbocycles. The number of hydrogen-bond donors (Lipinski definition) is 1. The number of nitrogens with two attached hydrogens (primary N) is 1. The molecule has 0 saturated heterocycles. The average Bonchev–Trinajstić information content (AvgIpc) is 2.68. The van der Waals surface area contributed by atoms with Gasteiger partial charge in [0.15, 0.2) is 5.65 Å². The molecule has 3 rings (SSSR count). The van der Waals surface area contributed by atoms with Crippen LogP contribution in [0.2, 0.25) is 15.1 Å². The number of nitrogen functional groups attached to an aromatic ring is 1. The van der Waals surface area contributed by atoms with Crippen molar-refractivity contribution >= 4 is 62.2 Å². The largest absolute Gasteiger partial charge is 0.383 e. The quantitative estimate of drug-likeness (QED) is 0.611. The van der Waals surface area contributed by atoms with Crippen LogP contribution in [0.3, 0.4) is 0 Å². The van der Waals surface area contributed by atoms with Crippen LogP contribution >= 0.6 is 50.7 Å². The van der Waals surface area contributed by atoms with Crippen LogP contribution in [0.25, 0.3) is 16.9 Å². The van der Waals surface area contributed by atoms with Gasteiger partial charge in [-0.2, -0.15) is 0 Å². The van der Waals surface area contributed by atoms with E-state index < -0.39 is 0 Å². The van der Waals surface area contributed by atoms with E-state index in [0.29, 0.717) is 32.2 Å². The Balaban J connectivity index is 2.32. The maximum Gasteiger partial charge on any atom is 0.158 e. The number of benzene rings is 1. The summed E-state index contributed by atoms with van der Waals surface area (Å²) < 4.78 is 2.54. The number of rotatable bonds is 1. The molecule has 7 heteroatoms. The van der Waals surface area contributed by atoms with Gasteiger partial charge in [-0.25, -0.2) is 4.98 Å². The minimum atomic E-state index is 0.434. The van der Waals surface area contributed by atoms with Crippen molar-refractivity contribution < 1.29 is 0 Å². The molecule has 0 bridgehead atoms. The second-order valence-corrected chi connectivity index (χ2v) is 6.34. The molecule has 0 unspecified atom stereocenters. The van der Waals surface area contributed by atoms with E-state index in [1.807, 2.05) is 12.1 Å². The van der Waals surface area contributed by atoms with Crippen molar-refractivity contribution in [3.63, 3.8) is 0 Å². The first-order valence-electron chi connectivity index (χ1n) is 5.55. The van der Waals surface area contributed by atoms with Crippen molar-refractivity contribution in [2.45, 2.75) is 0 Å². The van der Waals surface area contributed by atoms with Gasteiger partial charge in [-0.1, -0.05) is 56.8 Å². The fourth-order valence-electron chi connectivity index (χ4n) is 1.97. The van der Waals surface area contributed by atoms with E-state index in [2.05, 4.69) is 20.9 Å². The maximum absolute atomic E-state index is 6.24. The highest BCUT2D eigenvalue weighted by atomic mass is 79.9. The summed E-state index contributed by atoms with van der Waals surface area (Å²) >= 11 is 21.7. The van der Waals surface area contributed by atoms with Crippen LogP contribution in [0.5, 0.6) is 0 Å². The zero-order valence-corrected chi connectivity index (χ0v) is 13.7. The van der Waals surface area contributed by atoms with E-state index in [4.69, 9.17) is 40.5 Å². The Morgan fingerprint density at radius 3 is 2.55 bits per heavy atom. The number of imidazole rings is 1. The molecular weight excluding hydrogens is 384 g/mol. The lowest BCUT2D eigenvalue weighted by Gasteiger charge is -2.03. The second-order valence-electron chi connectivity index (χ2n) is 4.17. The summed E-state index contributed by atoms with van der Waals surface area (Å²) in [6.07, 6.45) is 1.67. The molecule has 102 valence electrons. The first kappa shape index (κ1) is 14.0. The minimum Gasteiger partial charge on any atom is -0.383 e. The molecule has 0 saturated carbocycles. The van der Waals surface area contributed by atoms with E-state index in [1.165, 1.54) is 0 Å². The number of anilines is 1. The molecule has 0 aliphatic rings. The van der Waals surface area contributed by atoms with E-state index in [-0.39, 0.29) is 0 Å². The molecule has 1 aromatic carbocycles. The summed E-state index contributed by atoms with van der Waals surface area (Å²) in [4.78, 5) is 4.46. The Morgan fingerprint density at radius 1 is 1.10 bits per heavy atom. The van der Waals surface area contributed by atoms with Crippen molar-refractivity contribution in [2.75, 3.05) is 5.73 Å². The van der Waals surface area contributed by atoms with Gasteiger partial charge >= 0.3 is 0 Å². The molecule has 0 atom stereocenters. The van der Waals surface area contributed by atoms with Gasteiger partial charge in [-0.05, 0) is 18.2 Å². The van der Waals surface area contributed by atoms with Crippen LogP contribution in [-0.2, 0) is 0 Å². The van der Waals surface area contributed by atoms with E-state index in [9.17, 15) is 0 Å². The number of fused-ring (bicyclic) bond motifs is 1. The maximum atomic E-state index is 6.24. The zero-order chi connectivity index (χ0) is 14.4. The normalized spacial score (nSPS) is 11.2. The summed E-state index contributed by atoms with van der Waals surface area (Å²) in [5, 5.41) is 1.47. The van der Waals surface area contributed by atoms with Crippen molar-refractivity contribution in [1.29, 1.82) is 0 Å². The highest BCUT2D eigenvalue weighted by Gasteiger charge is 2.16. The van der Waals surface area contributed by atoms with Crippen LogP contribution < -0.4 is 5.73 Å². The highest BCUT2D eigenvalue weighted by Crippen LogP contribution is 2.35. The lowest BCUT2D eigenvalue weighted by Crippen LogP contribution is -1.94. The van der Waals surface area contributed by atoms with Crippen LogP contribution in [-0.4, -0.2) is 9.38 Å². The van der Waals surface area contributed by atoms with Crippen molar-refractivity contribution in [3.05, 3.63) is 50.0 Å². The van der Waals surface area contributed by atoms with Crippen LogP contribution in [0.15, 0.2) is 34.9 Å². The summed E-state index contributed by atoms with van der Waals surface area (Å²) in [5.41, 5.74) is 7.99. The predicted molar refractivity (Wildman–Crippen MR) is 87.8 cm³/mol. The number of hydrogen-bond acceptors (Lipinski definition) is 2. The van der Waals surface area contributed by atoms with Gasteiger partial charge in [0.1, 0.15) is 11.5 Å². The topological polar surface area (TPSA) is 43.3 Å². The molecule has 3 nitrogen and oxygen atoms in total. The molecule has 0 fully saturated rings. The third-order valence-corrected chi connectivity index (χ3v) is 4.16. The van der Waals surface area contributed by atoms with Crippen molar-refractivity contribution in [3.8, 4) is 11.3 Å². The van der Waals surface area contributed by atoms with Gasteiger partial charge in [0.05, 0.1) is 15.1 Å². The highest BCUT2D eigenvalue weighted by molar-refractivity contribution is 9.10. The van der Waals surface area contributed by atoms with Crippen LogP contribution in [0.1, 0.15) is 0 Å². The molecular formula is C13H7BrCl3N3. The van der Waals surface area contributed by atoms with Gasteiger partial charge in [0.25, 0.3) is 0 Å². The van der Waals surface area contributed by atoms with Gasteiger partial charge in [0, 0.05) is 16.2 Å².